The molecular weight excluding hydrogens is 725 g/mol. The first-order valence-corrected chi connectivity index (χ1v) is 17.1. The van der Waals surface area contributed by atoms with Crippen LogP contribution >= 0.6 is 0 Å². The van der Waals surface area contributed by atoms with Crippen LogP contribution in [-0.4, -0.2) is 78.1 Å². The Hall–Kier alpha value is -6.23. The van der Waals surface area contributed by atoms with Crippen LogP contribution in [0.1, 0.15) is 80.7 Å². The molecule has 0 spiro atoms. The Kier molecular flexibility index (Phi) is 65.3. The number of ether oxygens (including phenoxy) is 2. The number of rotatable bonds is 10. The maximum atomic E-state index is 10.7. The predicted molar refractivity (Wildman–Crippen MR) is 240 cm³/mol. The Morgan fingerprint density at radius 1 is 0.789 bits per heavy atom. The van der Waals surface area contributed by atoms with Gasteiger partial charge in [0.15, 0.2) is 17.3 Å². The van der Waals surface area contributed by atoms with E-state index in [4.69, 9.17) is 0 Å². The number of esters is 2. The highest BCUT2D eigenvalue weighted by Gasteiger charge is 2.16. The fourth-order valence-corrected chi connectivity index (χ4v) is 2.01. The highest BCUT2D eigenvalue weighted by molar-refractivity contribution is 5.91. The average Bonchev–Trinajstić information content (AvgIpc) is 3.60. The summed E-state index contributed by atoms with van der Waals surface area (Å²) < 4.78 is 8.75. The summed E-state index contributed by atoms with van der Waals surface area (Å²) in [5, 5.41) is 0. The number of hydrogen-bond acceptors (Lipinski definition) is 9. The van der Waals surface area contributed by atoms with Crippen molar-refractivity contribution in [3.05, 3.63) is 144 Å². The molecule has 0 bridgehead atoms. The van der Waals surface area contributed by atoms with E-state index in [1.807, 2.05) is 50.3 Å². The van der Waals surface area contributed by atoms with E-state index in [1.54, 1.807) is 38.2 Å². The Bertz CT molecular complexity index is 1330. The van der Waals surface area contributed by atoms with Crippen molar-refractivity contribution in [1.82, 2.24) is 9.80 Å². The lowest BCUT2D eigenvalue weighted by Gasteiger charge is -2.05. The second-order valence-electron chi connectivity index (χ2n) is 10.4. The molecule has 0 aromatic heterocycles. The number of allylic oxidation sites excluding steroid dienone is 4. The normalized spacial score (nSPS) is 8.93. The van der Waals surface area contributed by atoms with E-state index in [9.17, 15) is 33.6 Å². The number of ketones is 3. The van der Waals surface area contributed by atoms with Gasteiger partial charge in [-0.3, -0.25) is 28.8 Å². The lowest BCUT2D eigenvalue weighted by molar-refractivity contribution is -0.138. The van der Waals surface area contributed by atoms with E-state index in [-0.39, 0.29) is 48.5 Å². The molecule has 11 heteroatoms. The number of hydrogen-bond donors (Lipinski definition) is 0. The molecule has 1 aliphatic heterocycles. The predicted octanol–water partition coefficient (Wildman–Crippen LogP) is 9.66. The van der Waals surface area contributed by atoms with Crippen LogP contribution in [0.25, 0.3) is 6.08 Å². The minimum absolute atomic E-state index is 0. The average molecular weight is 797 g/mol. The number of nitrogens with zero attached hydrogens (tertiary/aromatic N) is 2. The summed E-state index contributed by atoms with van der Waals surface area (Å²) in [5.41, 5.74) is 1.79. The highest BCUT2D eigenvalue weighted by Crippen LogP contribution is 2.08. The quantitative estimate of drug-likeness (QED) is 0.0978. The first-order chi connectivity index (χ1) is 26.1. The van der Waals surface area contributed by atoms with Crippen molar-refractivity contribution in [2.24, 2.45) is 0 Å². The molecule has 0 radical (unpaired) electrons. The Morgan fingerprint density at radius 3 is 1.35 bits per heavy atom. The Labute approximate surface area is 345 Å². The summed E-state index contributed by atoms with van der Waals surface area (Å²) in [4.78, 5) is 73.5. The van der Waals surface area contributed by atoms with Gasteiger partial charge in [0.05, 0.1) is 12.9 Å². The molecule has 1 saturated heterocycles. The molecule has 0 unspecified atom stereocenters. The number of likely N-dealkylation sites (N-methyl/N-ethyl adjacent to an activating group) is 1. The van der Waals surface area contributed by atoms with Crippen molar-refractivity contribution in [2.45, 2.75) is 75.2 Å². The van der Waals surface area contributed by atoms with Crippen molar-refractivity contribution >= 4 is 47.2 Å². The van der Waals surface area contributed by atoms with Crippen LogP contribution in [0.4, 0.5) is 0 Å². The van der Waals surface area contributed by atoms with Crippen molar-refractivity contribution in [2.75, 3.05) is 27.2 Å². The lowest BCUT2D eigenvalue weighted by Crippen LogP contribution is -2.18. The van der Waals surface area contributed by atoms with Gasteiger partial charge < -0.3 is 19.3 Å². The molecule has 0 N–H and O–H groups in total. The van der Waals surface area contributed by atoms with Crippen LogP contribution in [0.2, 0.25) is 0 Å². The molecule has 2 amide bonds. The number of benzene rings is 1. The van der Waals surface area contributed by atoms with E-state index >= 15 is 0 Å². The molecule has 1 aromatic rings. The SMILES string of the molecule is C.C=C(C)C(C)=O.C=CC.C=CC(=O)N(C)C.C=CC(=O)OCCC.C=CC(C)=O.C=CC(C)=O.C=CN1CCCC1=O.C=COC(C)=O.C=Cc1ccccc1. The zero-order valence-corrected chi connectivity index (χ0v) is 35.5. The Balaban J connectivity index is -0.0000000797. The van der Waals surface area contributed by atoms with Crippen LogP contribution in [0, 0.1) is 0 Å². The summed E-state index contributed by atoms with van der Waals surface area (Å²) in [6.07, 6.45) is 13.8. The van der Waals surface area contributed by atoms with Gasteiger partial charge in [-0.15, -0.1) is 6.58 Å². The van der Waals surface area contributed by atoms with E-state index < -0.39 is 0 Å². The van der Waals surface area contributed by atoms with Crippen molar-refractivity contribution in [3.8, 4) is 0 Å². The third-order valence-corrected chi connectivity index (χ3v) is 5.02. The summed E-state index contributed by atoms with van der Waals surface area (Å²) >= 11 is 0. The van der Waals surface area contributed by atoms with E-state index in [0.717, 1.165) is 31.7 Å². The molecule has 1 aliphatic rings. The monoisotopic (exact) mass is 797 g/mol. The molecule has 0 atom stereocenters. The van der Waals surface area contributed by atoms with E-state index in [1.165, 1.54) is 56.4 Å². The van der Waals surface area contributed by atoms with Crippen LogP contribution in [0.3, 0.4) is 0 Å². The standard InChI is InChI=1S/C8H8.C6H9NO.C6H10O2.C5H9NO.C5H8O.C4H6O2.2C4H6O.C3H6.CH4/c1-2-8-6-4-3-5-7-8;1-2-7-5-3-4-6(7)8;1-3-5-8-6(7)4-2;1-4-5(7)6(2)3;1-4(2)5(3)6;1-3-6-4(2)5;2*1-3-4(2)5;1-3-2;/h2-7H,1H2;2H,1,3-5H2;4H,2-3,5H2,1H3;4H,1H2,2-3H3;1H2,2-3H3;3H,1H2,2H3;2*3H,1H2,2H3;3H,1H2,2H3;1H4. The fourth-order valence-electron chi connectivity index (χ4n) is 2.01. The number of Topliss-reactive ketones (excluding diaryl/α,β-unsaturated/α-hetero) is 1. The molecule has 11 nitrogen and oxygen atoms in total. The van der Waals surface area contributed by atoms with Crippen LogP contribution < -0.4 is 0 Å². The van der Waals surface area contributed by atoms with Crippen molar-refractivity contribution < 1.29 is 43.0 Å². The van der Waals surface area contributed by atoms with Gasteiger partial charge in [0.25, 0.3) is 0 Å². The van der Waals surface area contributed by atoms with Gasteiger partial charge in [0.2, 0.25) is 11.8 Å². The van der Waals surface area contributed by atoms with Crippen molar-refractivity contribution in [1.29, 1.82) is 0 Å². The van der Waals surface area contributed by atoms with Gasteiger partial charge >= 0.3 is 11.9 Å². The van der Waals surface area contributed by atoms with Gasteiger partial charge in [-0.05, 0) is 83.0 Å². The third kappa shape index (κ3) is 75.6. The first kappa shape index (κ1) is 68.7. The van der Waals surface area contributed by atoms with Gasteiger partial charge in [-0.2, -0.15) is 0 Å². The zero-order chi connectivity index (χ0) is 45.5. The number of carbonyl (C=O) groups is 7. The maximum absolute atomic E-state index is 10.7. The third-order valence-electron chi connectivity index (χ3n) is 5.02. The Morgan fingerprint density at radius 2 is 1.21 bits per heavy atom. The zero-order valence-electron chi connectivity index (χ0n) is 35.5. The number of amides is 2. The molecule has 320 valence electrons. The minimum atomic E-state index is -0.341. The van der Waals surface area contributed by atoms with Crippen LogP contribution in [0.5, 0.6) is 0 Å². The van der Waals surface area contributed by atoms with Crippen LogP contribution in [0.15, 0.2) is 138 Å². The van der Waals surface area contributed by atoms with Crippen molar-refractivity contribution in [3.63, 3.8) is 0 Å². The second-order valence-corrected chi connectivity index (χ2v) is 10.4. The van der Waals surface area contributed by atoms with Gasteiger partial charge in [0, 0.05) is 40.1 Å². The molecule has 1 aromatic carbocycles. The molecule has 1 heterocycles. The largest absolute Gasteiger partial charge is 0.463 e. The summed E-state index contributed by atoms with van der Waals surface area (Å²) in [5.74, 6) is -0.415. The summed E-state index contributed by atoms with van der Waals surface area (Å²) in [6, 6.07) is 10.0. The fraction of sp³-hybridized carbons (Fsp3) is 0.326. The van der Waals surface area contributed by atoms with Gasteiger partial charge in [0.1, 0.15) is 0 Å². The second kappa shape index (κ2) is 54.1. The smallest absolute Gasteiger partial charge is 0.330 e. The van der Waals surface area contributed by atoms with E-state index in [0.29, 0.717) is 18.6 Å². The summed E-state index contributed by atoms with van der Waals surface area (Å²) in [6.45, 7) is 42.6. The highest BCUT2D eigenvalue weighted by atomic mass is 16.5. The molecule has 57 heavy (non-hydrogen) atoms. The molecular formula is C46H72N2O9. The number of likely N-dealkylation sites (tertiary alicyclic amines) is 1. The topological polar surface area (TPSA) is 144 Å². The number of carbonyl (C=O) groups excluding carboxylic acids is 7. The summed E-state index contributed by atoms with van der Waals surface area (Å²) in [7, 11) is 3.37. The van der Waals surface area contributed by atoms with Gasteiger partial charge in [-0.1, -0.05) is 109 Å². The molecule has 0 saturated carbocycles. The van der Waals surface area contributed by atoms with Crippen LogP contribution in [-0.2, 0) is 43.0 Å². The lowest BCUT2D eigenvalue weighted by atomic mass is 10.2. The maximum Gasteiger partial charge on any atom is 0.330 e. The molecule has 1 fully saturated rings. The first-order valence-electron chi connectivity index (χ1n) is 17.1. The molecule has 0 aliphatic carbocycles. The van der Waals surface area contributed by atoms with Gasteiger partial charge in [-0.25, -0.2) is 4.79 Å². The minimum Gasteiger partial charge on any atom is -0.463 e. The molecule has 2 rings (SSSR count). The van der Waals surface area contributed by atoms with E-state index in [2.05, 4.69) is 68.7 Å².